The summed E-state index contributed by atoms with van der Waals surface area (Å²) in [5.74, 6) is 0. The van der Waals surface area contributed by atoms with Crippen molar-refractivity contribution in [1.29, 1.82) is 0 Å². The van der Waals surface area contributed by atoms with E-state index in [1.165, 1.54) is 6.92 Å². The molecule has 0 aromatic rings. The Morgan fingerprint density at radius 2 is 1.46 bits per heavy atom. The molecule has 0 spiro atoms. The molecule has 17 nitrogen and oxygen atoms in total. The molecule has 0 bridgehead atoms. The van der Waals surface area contributed by atoms with Crippen LogP contribution in [0.2, 0.25) is 0 Å². The van der Waals surface area contributed by atoms with Crippen molar-refractivity contribution in [1.82, 2.24) is 4.90 Å². The zero-order valence-corrected chi connectivity index (χ0v) is 25.8. The summed E-state index contributed by atoms with van der Waals surface area (Å²) in [7, 11) is -5.44. The summed E-state index contributed by atoms with van der Waals surface area (Å²) in [6.07, 6.45) is -19.8. The molecule has 0 aromatic heterocycles. The van der Waals surface area contributed by atoms with E-state index in [0.29, 0.717) is 13.0 Å². The smallest absolute Gasteiger partial charge is 0.726 e. The van der Waals surface area contributed by atoms with Crippen LogP contribution in [0.15, 0.2) is 0 Å². The molecule has 0 amide bonds. The van der Waals surface area contributed by atoms with E-state index in [4.69, 9.17) is 18.9 Å². The number of aliphatic hydroxyl groups is 8. The first-order chi connectivity index (χ1) is 18.7. The Morgan fingerprint density at radius 3 is 2.02 bits per heavy atom. The first-order valence-corrected chi connectivity index (χ1v) is 14.4. The van der Waals surface area contributed by atoms with Crippen LogP contribution in [-0.4, -0.2) is 171 Å². The summed E-state index contributed by atoms with van der Waals surface area (Å²) in [6.45, 7) is 2.23. The van der Waals surface area contributed by atoms with Gasteiger partial charge in [0.2, 0.25) is 10.4 Å². The Morgan fingerprint density at radius 1 is 0.854 bits per heavy atom. The molecule has 3 aliphatic heterocycles. The van der Waals surface area contributed by atoms with Crippen LogP contribution in [0.1, 0.15) is 26.7 Å². The Bertz CT molecular complexity index is 905. The van der Waals surface area contributed by atoms with Gasteiger partial charge in [0, 0.05) is 6.54 Å². The van der Waals surface area contributed by atoms with Crippen molar-refractivity contribution >= 4 is 10.4 Å². The molecule has 19 heteroatoms. The molecule has 41 heavy (non-hydrogen) atoms. The fraction of sp³-hybridized carbons (Fsp3) is 1.00. The maximum atomic E-state index is 11.2. The first kappa shape index (κ1) is 37.5. The number of nitrogens with zero attached hydrogens (tertiary/aromatic N) is 1. The van der Waals surface area contributed by atoms with Crippen LogP contribution in [-0.2, 0) is 33.5 Å². The van der Waals surface area contributed by atoms with E-state index in [1.54, 1.807) is 4.90 Å². The van der Waals surface area contributed by atoms with Crippen molar-refractivity contribution in [2.24, 2.45) is 0 Å². The van der Waals surface area contributed by atoms with Gasteiger partial charge in [-0.05, 0) is 19.9 Å². The number of rotatable bonds is 11. The van der Waals surface area contributed by atoms with Crippen LogP contribution in [0.25, 0.3) is 0 Å². The minimum absolute atomic E-state index is 0. The molecule has 0 saturated carbocycles. The maximum absolute atomic E-state index is 11.2. The second-order valence-corrected chi connectivity index (χ2v) is 11.2. The molecule has 3 heterocycles. The zero-order valence-electron chi connectivity index (χ0n) is 23.0. The molecule has 3 aliphatic rings. The monoisotopic (exact) mass is 629 g/mol. The summed E-state index contributed by atoms with van der Waals surface area (Å²) in [5.41, 5.74) is 0. The van der Waals surface area contributed by atoms with E-state index >= 15 is 0 Å². The second kappa shape index (κ2) is 16.1. The fourth-order valence-electron chi connectivity index (χ4n) is 5.15. The minimum Gasteiger partial charge on any atom is -0.726 e. The van der Waals surface area contributed by atoms with Gasteiger partial charge in [0.25, 0.3) is 0 Å². The van der Waals surface area contributed by atoms with Crippen LogP contribution in [0.5, 0.6) is 0 Å². The predicted octanol–water partition coefficient (Wildman–Crippen LogP) is -8.29. The number of unbranched alkanes of at least 4 members (excludes halogenated alkanes) is 1. The number of ether oxygens (including phenoxy) is 4. The summed E-state index contributed by atoms with van der Waals surface area (Å²) < 4.78 is 60.6. The van der Waals surface area contributed by atoms with Gasteiger partial charge in [-0.1, -0.05) is 13.3 Å². The topological polar surface area (TPSA) is 268 Å². The number of likely N-dealkylation sites (tertiary alicyclic amines) is 1. The molecule has 0 aliphatic carbocycles. The molecular weight excluding hydrogens is 589 g/mol. The standard InChI is InChI=1S/C22H41NO16S.Na/c1-3-4-5-23-6-11(26)19(38-21-16(30)15(29)13(27)9(2)35-21)18(10(23)7-24)37-22-17(31)20(39-40(32,33)34)14(28)12(8-25)36-22;/h9-22,24-31H,3-8H2,1-2H3,(H,32,33,34);/q;+1/p-1/t9-,10+,11-,12+,13+,14-,15+,16-,17+,18+,19+,20-,21-,22-;/m0./s1. The van der Waals surface area contributed by atoms with Crippen LogP contribution in [0.3, 0.4) is 0 Å². The van der Waals surface area contributed by atoms with Crippen LogP contribution in [0.4, 0.5) is 0 Å². The third kappa shape index (κ3) is 8.97. The van der Waals surface area contributed by atoms with Crippen molar-refractivity contribution in [3.05, 3.63) is 0 Å². The summed E-state index contributed by atoms with van der Waals surface area (Å²) >= 11 is 0. The number of hydrogen-bond donors (Lipinski definition) is 8. The Kier molecular flexibility index (Phi) is 14.7. The van der Waals surface area contributed by atoms with Crippen LogP contribution < -0.4 is 29.6 Å². The van der Waals surface area contributed by atoms with Gasteiger partial charge in [0.15, 0.2) is 12.6 Å². The van der Waals surface area contributed by atoms with Gasteiger partial charge < -0.3 is 64.4 Å². The third-order valence-electron chi connectivity index (χ3n) is 7.40. The van der Waals surface area contributed by atoms with Crippen molar-refractivity contribution in [3.8, 4) is 0 Å². The average Bonchev–Trinajstić information content (AvgIpc) is 2.89. The van der Waals surface area contributed by atoms with Crippen molar-refractivity contribution in [3.63, 3.8) is 0 Å². The van der Waals surface area contributed by atoms with Gasteiger partial charge in [0.1, 0.15) is 54.9 Å². The van der Waals surface area contributed by atoms with Gasteiger partial charge in [-0.25, -0.2) is 8.42 Å². The second-order valence-electron chi connectivity index (χ2n) is 10.2. The van der Waals surface area contributed by atoms with E-state index in [1.807, 2.05) is 6.92 Å². The van der Waals surface area contributed by atoms with E-state index in [2.05, 4.69) is 4.18 Å². The molecule has 3 fully saturated rings. The van der Waals surface area contributed by atoms with Crippen molar-refractivity contribution in [2.75, 3.05) is 26.3 Å². The molecule has 236 valence electrons. The van der Waals surface area contributed by atoms with Gasteiger partial charge in [-0.2, -0.15) is 0 Å². The third-order valence-corrected chi connectivity index (χ3v) is 7.86. The normalized spacial score (nSPS) is 44.4. The van der Waals surface area contributed by atoms with E-state index in [-0.39, 0.29) is 36.1 Å². The average molecular weight is 630 g/mol. The summed E-state index contributed by atoms with van der Waals surface area (Å²) in [4.78, 5) is 1.68. The Balaban J connectivity index is 0.00000588. The SMILES string of the molecule is CCCCN1C[C@H](O)[C@@H](O[C@@H]2O[C@@H](C)[C@@H](O)[C@@H](O)[C@@H]2O)[C@H](O[C@@H]2O[C@H](CO)[C@H](O)[C@H](OS(=O)(=O)[O-])[C@H]2O)[C@H]1CO.[Na+]. The van der Waals surface area contributed by atoms with Gasteiger partial charge in [-0.15, -0.1) is 0 Å². The van der Waals surface area contributed by atoms with E-state index in [0.717, 1.165) is 6.42 Å². The summed E-state index contributed by atoms with van der Waals surface area (Å²) in [5, 5.41) is 82.7. The fourth-order valence-corrected chi connectivity index (χ4v) is 5.65. The minimum atomic E-state index is -5.44. The first-order valence-electron chi connectivity index (χ1n) is 13.0. The largest absolute Gasteiger partial charge is 1.00 e. The molecular formula is C22H40NNaO16S. The van der Waals surface area contributed by atoms with Crippen LogP contribution in [0, 0.1) is 0 Å². The van der Waals surface area contributed by atoms with Crippen molar-refractivity contribution in [2.45, 2.75) is 112 Å². The zero-order chi connectivity index (χ0) is 29.9. The molecule has 8 N–H and O–H groups in total. The Labute approximate surface area is 259 Å². The number of piperidine rings is 1. The molecule has 0 unspecified atom stereocenters. The maximum Gasteiger partial charge on any atom is 1.00 e. The van der Waals surface area contributed by atoms with E-state index in [9.17, 15) is 53.8 Å². The molecule has 0 radical (unpaired) electrons. The van der Waals surface area contributed by atoms with E-state index < -0.39 is 109 Å². The number of aliphatic hydroxyl groups excluding tert-OH is 8. The van der Waals surface area contributed by atoms with Gasteiger partial charge >= 0.3 is 29.6 Å². The van der Waals surface area contributed by atoms with Gasteiger partial charge in [0.05, 0.1) is 31.5 Å². The molecule has 3 saturated heterocycles. The molecule has 3 rings (SSSR count). The number of hydrogen-bond acceptors (Lipinski definition) is 17. The molecule has 0 aromatic carbocycles. The predicted molar refractivity (Wildman–Crippen MR) is 128 cm³/mol. The Hall–Kier alpha value is 0.350. The number of β-amino-alcohol motifs (C(OH)–C–C–N with tert-alkyl or cyclic N) is 1. The van der Waals surface area contributed by atoms with Gasteiger partial charge in [-0.3, -0.25) is 9.08 Å². The quantitative estimate of drug-likeness (QED) is 0.0599. The van der Waals surface area contributed by atoms with Crippen molar-refractivity contribution < 1.29 is 107 Å². The summed E-state index contributed by atoms with van der Waals surface area (Å²) in [6, 6.07) is -0.938. The van der Waals surface area contributed by atoms with Crippen LogP contribution >= 0.6 is 0 Å². The molecule has 14 atom stereocenters.